The number of hydrogen-bond donors (Lipinski definition) is 3. The third-order valence-electron chi connectivity index (χ3n) is 4.23. The summed E-state index contributed by atoms with van der Waals surface area (Å²) in [6, 6.07) is 15.3. The van der Waals surface area contributed by atoms with Crippen molar-refractivity contribution in [2.45, 2.75) is 6.61 Å². The minimum absolute atomic E-state index is 0.109. The van der Waals surface area contributed by atoms with E-state index in [9.17, 15) is 9.32 Å². The lowest BCUT2D eigenvalue weighted by Crippen LogP contribution is -2.09. The second kappa shape index (κ2) is 7.57. The summed E-state index contributed by atoms with van der Waals surface area (Å²) in [5.74, 6) is 4.21. The number of pyridine rings is 1. The molecule has 4 aromatic rings. The maximum atomic E-state index is 11.8. The van der Waals surface area contributed by atoms with Crippen LogP contribution in [-0.2, 0) is 16.3 Å². The number of rotatable bonds is 6. The van der Waals surface area contributed by atoms with Crippen molar-refractivity contribution in [3.63, 3.8) is 0 Å². The van der Waals surface area contributed by atoms with Crippen LogP contribution in [0.3, 0.4) is 0 Å². The highest BCUT2D eigenvalue weighted by molar-refractivity contribution is 8.00. The van der Waals surface area contributed by atoms with Gasteiger partial charge in [0.05, 0.1) is 18.5 Å². The van der Waals surface area contributed by atoms with Gasteiger partial charge in [0.15, 0.2) is 5.76 Å². The van der Waals surface area contributed by atoms with Crippen LogP contribution in [0.25, 0.3) is 22.1 Å². The number of anilines is 3. The maximum Gasteiger partial charge on any atom is 0.299 e. The van der Waals surface area contributed by atoms with E-state index in [-0.39, 0.29) is 6.61 Å². The molecule has 2 heterocycles. The van der Waals surface area contributed by atoms with Crippen molar-refractivity contribution in [1.29, 1.82) is 0 Å². The Morgan fingerprint density at radius 2 is 1.97 bits per heavy atom. The average molecular weight is 408 g/mol. The van der Waals surface area contributed by atoms with Crippen LogP contribution >= 0.6 is 0 Å². The third-order valence-corrected chi connectivity index (χ3v) is 4.90. The molecule has 0 aliphatic heterocycles. The Morgan fingerprint density at radius 3 is 2.76 bits per heavy atom. The number of aliphatic hydroxyl groups is 1. The van der Waals surface area contributed by atoms with Crippen molar-refractivity contribution < 1.29 is 13.7 Å². The molecule has 1 atom stereocenters. The van der Waals surface area contributed by atoms with Gasteiger partial charge in [-0.2, -0.15) is 0 Å². The minimum atomic E-state index is -2.36. The van der Waals surface area contributed by atoms with E-state index in [1.54, 1.807) is 18.5 Å². The molecule has 0 amide bonds. The number of aliphatic hydroxyl groups excluding tert-OH is 1. The maximum absolute atomic E-state index is 11.8. The fourth-order valence-corrected chi connectivity index (χ4v) is 3.64. The molecule has 0 aliphatic rings. The van der Waals surface area contributed by atoms with Crippen LogP contribution in [0.15, 0.2) is 65.3 Å². The van der Waals surface area contributed by atoms with Crippen LogP contribution in [-0.4, -0.2) is 31.4 Å². The van der Waals surface area contributed by atoms with Gasteiger partial charge in [0.1, 0.15) is 0 Å². The zero-order valence-electron chi connectivity index (χ0n) is 15.8. The highest BCUT2D eigenvalue weighted by Gasteiger charge is 2.09. The topological polar surface area (TPSA) is 100 Å². The van der Waals surface area contributed by atoms with E-state index in [2.05, 4.69) is 25.9 Å². The van der Waals surface area contributed by atoms with E-state index in [0.717, 1.165) is 22.0 Å². The highest BCUT2D eigenvalue weighted by Crippen LogP contribution is 2.28. The van der Waals surface area contributed by atoms with Crippen molar-refractivity contribution in [1.82, 2.24) is 9.97 Å². The summed E-state index contributed by atoms with van der Waals surface area (Å²) in [5.41, 5.74) is 2.93. The molecule has 7 nitrogen and oxygen atoms in total. The molecule has 0 spiro atoms. The van der Waals surface area contributed by atoms with Crippen molar-refractivity contribution in [3.05, 3.63) is 66.6 Å². The summed E-state index contributed by atoms with van der Waals surface area (Å²) in [6.45, 7) is -0.109. The van der Waals surface area contributed by atoms with Gasteiger partial charge in [0, 0.05) is 44.5 Å². The van der Waals surface area contributed by atoms with Crippen molar-refractivity contribution in [2.24, 2.45) is 0 Å². The van der Waals surface area contributed by atoms with Gasteiger partial charge in [-0.3, -0.25) is 4.98 Å². The fraction of sp³-hybridized carbons (Fsp3) is 0.0952. The van der Waals surface area contributed by atoms with Gasteiger partial charge in [-0.1, -0.05) is 18.2 Å². The summed E-state index contributed by atoms with van der Waals surface area (Å²) in [7, 11) is -2.36. The van der Waals surface area contributed by atoms with E-state index in [1.807, 2.05) is 42.5 Å². The number of oxazole rings is 1. The summed E-state index contributed by atoms with van der Waals surface area (Å²) in [4.78, 5) is 8.47. The molecular formula is C21H20N4O3S. The van der Waals surface area contributed by atoms with Crippen LogP contribution < -0.4 is 10.0 Å². The molecule has 2 aromatic carbocycles. The molecule has 3 N–H and O–H groups in total. The number of nitrogens with zero attached hydrogens (tertiary/aromatic N) is 2. The number of benzene rings is 2. The lowest BCUT2D eigenvalue weighted by molar-refractivity contribution is 0.278. The third kappa shape index (κ3) is 4.39. The van der Waals surface area contributed by atoms with Crippen LogP contribution in [0, 0.1) is 0 Å². The first-order valence-corrected chi connectivity index (χ1v) is 11.0. The fourth-order valence-electron chi connectivity index (χ4n) is 3.02. The van der Waals surface area contributed by atoms with E-state index in [1.165, 1.54) is 6.26 Å². The lowest BCUT2D eigenvalue weighted by Gasteiger charge is -2.09. The van der Waals surface area contributed by atoms with Crippen LogP contribution in [0.2, 0.25) is 0 Å². The monoisotopic (exact) mass is 408 g/mol. The largest absolute Gasteiger partial charge is 0.423 e. The Balaban J connectivity index is 1.58. The smallest absolute Gasteiger partial charge is 0.299 e. The minimum Gasteiger partial charge on any atom is -0.423 e. The van der Waals surface area contributed by atoms with Gasteiger partial charge in [-0.25, -0.2) is 9.19 Å². The molecule has 0 saturated carbocycles. The lowest BCUT2D eigenvalue weighted by atomic mass is 10.1. The number of aromatic nitrogens is 2. The van der Waals surface area contributed by atoms with E-state index < -0.39 is 9.71 Å². The Morgan fingerprint density at radius 1 is 1.14 bits per heavy atom. The Bertz CT molecular complexity index is 1280. The number of fused-ring (bicyclic) bond motifs is 1. The molecule has 4 rings (SSSR count). The molecule has 8 heteroatoms. The molecule has 0 bridgehead atoms. The molecule has 2 aromatic heterocycles. The molecule has 0 fully saturated rings. The van der Waals surface area contributed by atoms with Gasteiger partial charge < -0.3 is 19.6 Å². The summed E-state index contributed by atoms with van der Waals surface area (Å²) >= 11 is 0. The van der Waals surface area contributed by atoms with Crippen molar-refractivity contribution >= 4 is 43.7 Å². The predicted molar refractivity (Wildman–Crippen MR) is 118 cm³/mol. The highest BCUT2D eigenvalue weighted by atomic mass is 32.2. The Kier molecular flexibility index (Phi) is 4.96. The van der Waals surface area contributed by atoms with E-state index in [4.69, 9.17) is 4.42 Å². The Labute approximate surface area is 168 Å². The molecule has 29 heavy (non-hydrogen) atoms. The molecule has 0 aliphatic carbocycles. The SMILES string of the molecule is C=S(C)(=O)Nc1cccc(Nc2ncc(-c3ccc4c(CO)nccc4c3)o2)c1. The molecule has 0 radical (unpaired) electrons. The first-order chi connectivity index (χ1) is 13.9. The number of hydrogen-bond acceptors (Lipinski definition) is 6. The standard InChI is InChI=1S/C21H20N4O3S/c1-29(2,27)25-17-5-3-4-16(11-17)24-21-23-12-20(28-21)15-6-7-18-14(10-15)8-9-22-19(18)13-26/h3-12,26H,1,13H2,2H3,(H,23,24)(H,25,27). The second-order valence-corrected chi connectivity index (χ2v) is 8.91. The first-order valence-electron chi connectivity index (χ1n) is 8.83. The second-order valence-electron chi connectivity index (χ2n) is 6.69. The number of nitrogens with one attached hydrogen (secondary N) is 2. The summed E-state index contributed by atoms with van der Waals surface area (Å²) in [5, 5.41) is 14.4. The zero-order chi connectivity index (χ0) is 20.4. The van der Waals surface area contributed by atoms with Crippen LogP contribution in [0.4, 0.5) is 17.4 Å². The molecule has 1 unspecified atom stereocenters. The molecular weight excluding hydrogens is 388 g/mol. The first kappa shape index (κ1) is 19.0. The van der Waals surface area contributed by atoms with Crippen molar-refractivity contribution in [2.75, 3.05) is 16.3 Å². The van der Waals surface area contributed by atoms with Crippen molar-refractivity contribution in [3.8, 4) is 11.3 Å². The molecule has 0 saturated heterocycles. The Hall–Kier alpha value is -3.36. The average Bonchev–Trinajstić information content (AvgIpc) is 3.14. The summed E-state index contributed by atoms with van der Waals surface area (Å²) < 4.78 is 20.5. The normalized spacial score (nSPS) is 13.2. The van der Waals surface area contributed by atoms with Crippen LogP contribution in [0.1, 0.15) is 5.69 Å². The van der Waals surface area contributed by atoms with E-state index in [0.29, 0.717) is 23.2 Å². The predicted octanol–water partition coefficient (Wildman–Crippen LogP) is 3.80. The van der Waals surface area contributed by atoms with Gasteiger partial charge in [-0.15, -0.1) is 0 Å². The van der Waals surface area contributed by atoms with Gasteiger partial charge in [0.2, 0.25) is 0 Å². The van der Waals surface area contributed by atoms with Gasteiger partial charge >= 0.3 is 0 Å². The zero-order valence-corrected chi connectivity index (χ0v) is 16.6. The van der Waals surface area contributed by atoms with E-state index >= 15 is 0 Å². The quantitative estimate of drug-likeness (QED) is 0.420. The summed E-state index contributed by atoms with van der Waals surface area (Å²) in [6.07, 6.45) is 4.86. The molecule has 148 valence electrons. The van der Waals surface area contributed by atoms with Gasteiger partial charge in [0.25, 0.3) is 6.01 Å². The van der Waals surface area contributed by atoms with Gasteiger partial charge in [-0.05, 0) is 41.6 Å². The van der Waals surface area contributed by atoms with Crippen LogP contribution in [0.5, 0.6) is 0 Å².